The van der Waals surface area contributed by atoms with E-state index in [2.05, 4.69) is 41.1 Å². The van der Waals surface area contributed by atoms with Gasteiger partial charge in [0.2, 0.25) is 5.91 Å². The van der Waals surface area contributed by atoms with Gasteiger partial charge in [0.05, 0.1) is 18.2 Å². The number of hydrogen-bond donors (Lipinski definition) is 1. The zero-order valence-corrected chi connectivity index (χ0v) is 19.7. The largest absolute Gasteiger partial charge is 0.462 e. The maximum atomic E-state index is 13.0. The van der Waals surface area contributed by atoms with E-state index >= 15 is 0 Å². The summed E-state index contributed by atoms with van der Waals surface area (Å²) < 4.78 is 7.44. The second-order valence-corrected chi connectivity index (χ2v) is 9.49. The van der Waals surface area contributed by atoms with Crippen molar-refractivity contribution in [1.29, 1.82) is 0 Å². The van der Waals surface area contributed by atoms with Gasteiger partial charge >= 0.3 is 5.97 Å². The average molecular weight is 437 g/mol. The molecule has 0 radical (unpaired) electrons. The highest BCUT2D eigenvalue weighted by molar-refractivity contribution is 5.91. The maximum absolute atomic E-state index is 13.0. The highest BCUT2D eigenvalue weighted by Gasteiger charge is 2.30. The minimum absolute atomic E-state index is 0.113. The topological polar surface area (TPSA) is 60.3 Å². The number of hydrogen-bond acceptors (Lipinski definition) is 3. The molecule has 0 spiro atoms. The van der Waals surface area contributed by atoms with E-state index in [1.807, 2.05) is 19.9 Å². The van der Waals surface area contributed by atoms with E-state index < -0.39 is 0 Å². The Morgan fingerprint density at radius 2 is 1.84 bits per heavy atom. The zero-order valence-electron chi connectivity index (χ0n) is 19.7. The van der Waals surface area contributed by atoms with Gasteiger partial charge in [-0.05, 0) is 88.8 Å². The summed E-state index contributed by atoms with van der Waals surface area (Å²) in [5, 5.41) is 3.36. The van der Waals surface area contributed by atoms with E-state index in [1.165, 1.54) is 11.1 Å². The molecular formula is C27H36N2O3. The number of rotatable bonds is 6. The Hall–Kier alpha value is -2.56. The van der Waals surface area contributed by atoms with Crippen LogP contribution in [0.1, 0.15) is 84.4 Å². The Balaban J connectivity index is 1.32. The van der Waals surface area contributed by atoms with Crippen molar-refractivity contribution in [2.45, 2.75) is 78.3 Å². The molecular weight excluding hydrogens is 400 g/mol. The molecule has 0 aliphatic heterocycles. The molecule has 1 heterocycles. The van der Waals surface area contributed by atoms with Crippen LogP contribution in [0.25, 0.3) is 0 Å². The highest BCUT2D eigenvalue weighted by Crippen LogP contribution is 2.34. The van der Waals surface area contributed by atoms with Gasteiger partial charge in [-0.3, -0.25) is 4.79 Å². The number of carbonyl (C=O) groups excluding carboxylic acids is 2. The minimum Gasteiger partial charge on any atom is -0.462 e. The van der Waals surface area contributed by atoms with Crippen LogP contribution in [0.2, 0.25) is 0 Å². The average Bonchev–Trinajstić information content (AvgIpc) is 3.08. The number of nitrogens with zero attached hydrogens (tertiary/aromatic N) is 1. The number of ether oxygens (including phenoxy) is 1. The van der Waals surface area contributed by atoms with Crippen LogP contribution in [0, 0.1) is 25.7 Å². The molecule has 0 bridgehead atoms. The molecule has 2 aromatic rings. The van der Waals surface area contributed by atoms with Crippen molar-refractivity contribution in [1.82, 2.24) is 9.88 Å². The Morgan fingerprint density at radius 3 is 2.59 bits per heavy atom. The number of benzene rings is 1. The van der Waals surface area contributed by atoms with Crippen LogP contribution in [0.4, 0.5) is 0 Å². The molecule has 172 valence electrons. The first-order chi connectivity index (χ1) is 15.5. The molecule has 1 saturated carbocycles. The summed E-state index contributed by atoms with van der Waals surface area (Å²) in [5.74, 6) is 0.635. The Labute approximate surface area is 191 Å². The van der Waals surface area contributed by atoms with Crippen molar-refractivity contribution in [3.63, 3.8) is 0 Å². The van der Waals surface area contributed by atoms with Crippen LogP contribution >= 0.6 is 0 Å². The minimum atomic E-state index is -0.239. The molecule has 1 aromatic carbocycles. The van der Waals surface area contributed by atoms with Crippen LogP contribution in [0.15, 0.2) is 30.3 Å². The van der Waals surface area contributed by atoms with Crippen LogP contribution in [0.5, 0.6) is 0 Å². The lowest BCUT2D eigenvalue weighted by Crippen LogP contribution is -2.37. The Morgan fingerprint density at radius 1 is 1.09 bits per heavy atom. The number of aryl methyl sites for hydroxylation is 2. The van der Waals surface area contributed by atoms with Crippen LogP contribution in [0.3, 0.4) is 0 Å². The molecule has 1 amide bonds. The number of amides is 1. The summed E-state index contributed by atoms with van der Waals surface area (Å²) in [7, 11) is 0. The number of aromatic nitrogens is 1. The first kappa shape index (κ1) is 22.6. The molecule has 2 aliphatic carbocycles. The molecule has 1 aromatic heterocycles. The normalized spacial score (nSPS) is 22.8. The number of nitrogens with one attached hydrogen (secondary N) is 1. The van der Waals surface area contributed by atoms with E-state index in [0.29, 0.717) is 18.1 Å². The molecule has 0 saturated heterocycles. The fourth-order valence-corrected chi connectivity index (χ4v) is 5.56. The van der Waals surface area contributed by atoms with E-state index in [4.69, 9.17) is 4.74 Å². The molecule has 32 heavy (non-hydrogen) atoms. The van der Waals surface area contributed by atoms with Gasteiger partial charge in [0.25, 0.3) is 0 Å². The number of carbonyl (C=O) groups is 2. The molecule has 4 rings (SSSR count). The number of esters is 1. The van der Waals surface area contributed by atoms with Gasteiger partial charge in [0.15, 0.2) is 0 Å². The van der Waals surface area contributed by atoms with Gasteiger partial charge in [0, 0.05) is 23.9 Å². The first-order valence-electron chi connectivity index (χ1n) is 12.2. The lowest BCUT2D eigenvalue weighted by atomic mass is 9.80. The van der Waals surface area contributed by atoms with Gasteiger partial charge < -0.3 is 14.6 Å². The second kappa shape index (κ2) is 9.93. The zero-order chi connectivity index (χ0) is 22.7. The van der Waals surface area contributed by atoms with Gasteiger partial charge in [-0.25, -0.2) is 4.79 Å². The second-order valence-electron chi connectivity index (χ2n) is 9.49. The third-order valence-electron chi connectivity index (χ3n) is 7.41. The van der Waals surface area contributed by atoms with Crippen molar-refractivity contribution in [3.8, 4) is 0 Å². The maximum Gasteiger partial charge on any atom is 0.339 e. The van der Waals surface area contributed by atoms with E-state index in [0.717, 1.165) is 62.9 Å². The molecule has 5 nitrogen and oxygen atoms in total. The lowest BCUT2D eigenvalue weighted by Gasteiger charge is -2.32. The van der Waals surface area contributed by atoms with Crippen LogP contribution in [-0.4, -0.2) is 23.1 Å². The first-order valence-corrected chi connectivity index (χ1v) is 12.2. The predicted octanol–water partition coefficient (Wildman–Crippen LogP) is 5.28. The van der Waals surface area contributed by atoms with Gasteiger partial charge in [-0.2, -0.15) is 0 Å². The van der Waals surface area contributed by atoms with Gasteiger partial charge in [-0.1, -0.05) is 24.3 Å². The SMILES string of the molecule is CCOC(=O)c1cc(C)n(CC2CCC(C(=O)NC3CCCc4ccccc43)CC2)c1C. The van der Waals surface area contributed by atoms with Crippen molar-refractivity contribution < 1.29 is 14.3 Å². The number of fused-ring (bicyclic) bond motifs is 1. The predicted molar refractivity (Wildman–Crippen MR) is 126 cm³/mol. The molecule has 1 atom stereocenters. The molecule has 1 unspecified atom stereocenters. The van der Waals surface area contributed by atoms with E-state index in [-0.39, 0.29) is 23.8 Å². The summed E-state index contributed by atoms with van der Waals surface area (Å²) in [6.07, 6.45) is 7.26. The lowest BCUT2D eigenvalue weighted by molar-refractivity contribution is -0.127. The monoisotopic (exact) mass is 436 g/mol. The van der Waals surface area contributed by atoms with Crippen LogP contribution < -0.4 is 5.32 Å². The summed E-state index contributed by atoms with van der Waals surface area (Å²) >= 11 is 0. The molecule has 5 heteroatoms. The molecule has 2 aliphatic rings. The Bertz CT molecular complexity index is 969. The summed E-state index contributed by atoms with van der Waals surface area (Å²) in [6.45, 7) is 7.18. The van der Waals surface area contributed by atoms with Crippen molar-refractivity contribution >= 4 is 11.9 Å². The molecule has 1 N–H and O–H groups in total. The smallest absolute Gasteiger partial charge is 0.339 e. The van der Waals surface area contributed by atoms with Crippen molar-refractivity contribution in [3.05, 3.63) is 58.4 Å². The summed E-state index contributed by atoms with van der Waals surface area (Å²) in [5.41, 5.74) is 5.44. The van der Waals surface area contributed by atoms with Gasteiger partial charge in [0.1, 0.15) is 0 Å². The van der Waals surface area contributed by atoms with Crippen molar-refractivity contribution in [2.24, 2.45) is 11.8 Å². The van der Waals surface area contributed by atoms with E-state index in [1.54, 1.807) is 0 Å². The Kier molecular flexibility index (Phi) is 7.02. The fourth-order valence-electron chi connectivity index (χ4n) is 5.56. The molecule has 1 fully saturated rings. The third kappa shape index (κ3) is 4.77. The van der Waals surface area contributed by atoms with Crippen molar-refractivity contribution in [2.75, 3.05) is 6.61 Å². The van der Waals surface area contributed by atoms with Gasteiger partial charge in [-0.15, -0.1) is 0 Å². The highest BCUT2D eigenvalue weighted by atomic mass is 16.5. The summed E-state index contributed by atoms with van der Waals surface area (Å²) in [4.78, 5) is 25.2. The fraction of sp³-hybridized carbons (Fsp3) is 0.556. The standard InChI is InChI=1S/C27H36N2O3/c1-4-32-27(31)24-16-18(2)29(19(24)3)17-20-12-14-22(15-13-20)26(30)28-25-11-7-9-21-8-5-6-10-23(21)25/h5-6,8,10,16,20,22,25H,4,7,9,11-15,17H2,1-3H3,(H,28,30). The van der Waals surface area contributed by atoms with Crippen LogP contribution in [-0.2, 0) is 22.5 Å². The van der Waals surface area contributed by atoms with E-state index in [9.17, 15) is 9.59 Å². The third-order valence-corrected chi connectivity index (χ3v) is 7.41. The quantitative estimate of drug-likeness (QED) is 0.627. The summed E-state index contributed by atoms with van der Waals surface area (Å²) in [6, 6.07) is 10.6.